The van der Waals surface area contributed by atoms with Gasteiger partial charge >= 0.3 is 0 Å². The second-order valence-electron chi connectivity index (χ2n) is 8.43. The van der Waals surface area contributed by atoms with Gasteiger partial charge in [0.05, 0.1) is 0 Å². The molecule has 1 fully saturated rings. The summed E-state index contributed by atoms with van der Waals surface area (Å²) < 4.78 is 0. The number of benzene rings is 3. The van der Waals surface area contributed by atoms with Crippen molar-refractivity contribution in [1.82, 2.24) is 0 Å². The standard InChI is InChI=1S/C27H28N4O3/c1-18-16-22(13-14-23(18)31-15-6-5-12-24(31)32)30-27(34)25(19-8-3-2-4-9-19)29-21-11-7-10-20(17-21)26(28)33/h2-4,7-11,13-14,16-17,25,29H,5-6,12,15H2,1H3,(H2,28,33)(H,30,34)/t25-/m0/s1. The Morgan fingerprint density at radius 3 is 2.44 bits per heavy atom. The summed E-state index contributed by atoms with van der Waals surface area (Å²) in [5.74, 6) is -0.651. The van der Waals surface area contributed by atoms with Crippen molar-refractivity contribution in [2.24, 2.45) is 5.73 Å². The molecule has 1 atom stereocenters. The molecule has 7 nitrogen and oxygen atoms in total. The van der Waals surface area contributed by atoms with Gasteiger partial charge in [-0.2, -0.15) is 0 Å². The van der Waals surface area contributed by atoms with E-state index in [2.05, 4.69) is 10.6 Å². The van der Waals surface area contributed by atoms with Crippen LogP contribution < -0.4 is 21.3 Å². The number of carbonyl (C=O) groups excluding carboxylic acids is 3. The predicted molar refractivity (Wildman–Crippen MR) is 134 cm³/mol. The van der Waals surface area contributed by atoms with Gasteiger partial charge < -0.3 is 21.3 Å². The SMILES string of the molecule is Cc1cc(NC(=O)[C@@H](Nc2cccc(C(N)=O)c2)c2ccccc2)ccc1N1CCCCC1=O. The Labute approximate surface area is 199 Å². The maximum absolute atomic E-state index is 13.4. The van der Waals surface area contributed by atoms with Gasteiger partial charge in [0.25, 0.3) is 5.91 Å². The lowest BCUT2D eigenvalue weighted by molar-refractivity contribution is -0.119. The minimum absolute atomic E-state index is 0.137. The van der Waals surface area contributed by atoms with E-state index >= 15 is 0 Å². The molecule has 3 amide bonds. The largest absolute Gasteiger partial charge is 0.370 e. The van der Waals surface area contributed by atoms with Gasteiger partial charge in [-0.3, -0.25) is 14.4 Å². The van der Waals surface area contributed by atoms with Gasteiger partial charge in [0, 0.05) is 35.6 Å². The number of primary amides is 1. The molecule has 0 saturated carbocycles. The minimum Gasteiger partial charge on any atom is -0.370 e. The smallest absolute Gasteiger partial charge is 0.251 e. The van der Waals surface area contributed by atoms with Crippen molar-refractivity contribution in [3.8, 4) is 0 Å². The van der Waals surface area contributed by atoms with Crippen molar-refractivity contribution >= 4 is 34.8 Å². The van der Waals surface area contributed by atoms with E-state index in [4.69, 9.17) is 5.73 Å². The molecule has 4 N–H and O–H groups in total. The highest BCUT2D eigenvalue weighted by Gasteiger charge is 2.23. The monoisotopic (exact) mass is 456 g/mol. The van der Waals surface area contributed by atoms with Crippen molar-refractivity contribution in [1.29, 1.82) is 0 Å². The number of hydrogen-bond acceptors (Lipinski definition) is 4. The zero-order chi connectivity index (χ0) is 24.1. The molecule has 3 aromatic rings. The van der Waals surface area contributed by atoms with Gasteiger partial charge in [0.1, 0.15) is 6.04 Å². The number of piperidine rings is 1. The molecule has 1 aliphatic rings. The summed E-state index contributed by atoms with van der Waals surface area (Å²) in [5.41, 5.74) is 9.59. The van der Waals surface area contributed by atoms with Crippen LogP contribution in [0.3, 0.4) is 0 Å². The Kier molecular flexibility index (Phi) is 6.92. The van der Waals surface area contributed by atoms with Gasteiger partial charge in [-0.15, -0.1) is 0 Å². The first-order valence-corrected chi connectivity index (χ1v) is 11.4. The van der Waals surface area contributed by atoms with Crippen molar-refractivity contribution in [2.45, 2.75) is 32.2 Å². The zero-order valence-electron chi connectivity index (χ0n) is 19.1. The molecule has 1 saturated heterocycles. The van der Waals surface area contributed by atoms with E-state index in [0.717, 1.165) is 36.2 Å². The summed E-state index contributed by atoms with van der Waals surface area (Å²) >= 11 is 0. The second kappa shape index (κ2) is 10.2. The lowest BCUT2D eigenvalue weighted by Gasteiger charge is -2.28. The van der Waals surface area contributed by atoms with Crippen molar-refractivity contribution in [3.63, 3.8) is 0 Å². The number of hydrogen-bond donors (Lipinski definition) is 3. The van der Waals surface area contributed by atoms with Crippen molar-refractivity contribution in [2.75, 3.05) is 22.1 Å². The van der Waals surface area contributed by atoms with Gasteiger partial charge in [0.2, 0.25) is 11.8 Å². The number of aryl methyl sites for hydroxylation is 1. The quantitative estimate of drug-likeness (QED) is 0.490. The molecule has 174 valence electrons. The summed E-state index contributed by atoms with van der Waals surface area (Å²) in [7, 11) is 0. The van der Waals surface area contributed by atoms with Gasteiger partial charge in [-0.1, -0.05) is 36.4 Å². The first-order chi connectivity index (χ1) is 16.4. The van der Waals surface area contributed by atoms with Gasteiger partial charge in [-0.05, 0) is 67.3 Å². The Bertz CT molecular complexity index is 1210. The Morgan fingerprint density at radius 1 is 0.941 bits per heavy atom. The Balaban J connectivity index is 1.56. The van der Waals surface area contributed by atoms with Crippen LogP contribution in [0.2, 0.25) is 0 Å². The van der Waals surface area contributed by atoms with E-state index in [1.54, 1.807) is 24.3 Å². The number of nitrogens with zero attached hydrogens (tertiary/aromatic N) is 1. The summed E-state index contributed by atoms with van der Waals surface area (Å²) in [5, 5.41) is 6.21. The lowest BCUT2D eigenvalue weighted by atomic mass is 10.0. The molecule has 1 aliphatic heterocycles. The van der Waals surface area contributed by atoms with E-state index in [0.29, 0.717) is 23.4 Å². The summed E-state index contributed by atoms with van der Waals surface area (Å²) in [4.78, 5) is 39.1. The average Bonchev–Trinajstić information content (AvgIpc) is 2.84. The van der Waals surface area contributed by atoms with Crippen molar-refractivity contribution < 1.29 is 14.4 Å². The van der Waals surface area contributed by atoms with E-state index in [1.807, 2.05) is 60.4 Å². The number of amides is 3. The third-order valence-corrected chi connectivity index (χ3v) is 5.93. The third kappa shape index (κ3) is 5.26. The van der Waals surface area contributed by atoms with Crippen LogP contribution in [0.15, 0.2) is 72.8 Å². The molecule has 0 aliphatic carbocycles. The Morgan fingerprint density at radius 2 is 1.74 bits per heavy atom. The van der Waals surface area contributed by atoms with Crippen LogP contribution in [0.25, 0.3) is 0 Å². The number of rotatable bonds is 7. The van der Waals surface area contributed by atoms with Crippen LogP contribution in [0.4, 0.5) is 17.1 Å². The van der Waals surface area contributed by atoms with E-state index in [9.17, 15) is 14.4 Å². The first kappa shape index (κ1) is 23.0. The molecule has 4 rings (SSSR count). The highest BCUT2D eigenvalue weighted by atomic mass is 16.2. The molecule has 0 bridgehead atoms. The van der Waals surface area contributed by atoms with Crippen LogP contribution >= 0.6 is 0 Å². The van der Waals surface area contributed by atoms with Crippen LogP contribution in [-0.2, 0) is 9.59 Å². The fourth-order valence-electron chi connectivity index (χ4n) is 4.19. The maximum Gasteiger partial charge on any atom is 0.251 e. The highest BCUT2D eigenvalue weighted by Crippen LogP contribution is 2.28. The summed E-state index contributed by atoms with van der Waals surface area (Å²) in [6, 6.07) is 21.0. The molecule has 1 heterocycles. The van der Waals surface area contributed by atoms with Crippen LogP contribution in [0, 0.1) is 6.92 Å². The van der Waals surface area contributed by atoms with E-state index in [1.165, 1.54) is 0 Å². The lowest BCUT2D eigenvalue weighted by Crippen LogP contribution is -2.35. The maximum atomic E-state index is 13.4. The molecule has 0 radical (unpaired) electrons. The van der Waals surface area contributed by atoms with Gasteiger partial charge in [-0.25, -0.2) is 0 Å². The molecule has 34 heavy (non-hydrogen) atoms. The minimum atomic E-state index is -0.701. The normalized spacial score (nSPS) is 14.4. The van der Waals surface area contributed by atoms with E-state index in [-0.39, 0.29) is 11.8 Å². The fraction of sp³-hybridized carbons (Fsp3) is 0.222. The first-order valence-electron chi connectivity index (χ1n) is 11.4. The predicted octanol–water partition coefficient (Wildman–Crippen LogP) is 4.40. The second-order valence-corrected chi connectivity index (χ2v) is 8.43. The number of anilines is 3. The van der Waals surface area contributed by atoms with E-state index < -0.39 is 11.9 Å². The number of carbonyl (C=O) groups is 3. The molecule has 7 heteroatoms. The molecular weight excluding hydrogens is 428 g/mol. The Hall–Kier alpha value is -4.13. The van der Waals surface area contributed by atoms with Crippen LogP contribution in [-0.4, -0.2) is 24.3 Å². The topological polar surface area (TPSA) is 105 Å². The highest BCUT2D eigenvalue weighted by molar-refractivity contribution is 5.99. The number of nitrogens with one attached hydrogen (secondary N) is 2. The summed E-state index contributed by atoms with van der Waals surface area (Å²) in [6.07, 6.45) is 2.49. The molecule has 0 aromatic heterocycles. The van der Waals surface area contributed by atoms with Crippen LogP contribution in [0.1, 0.15) is 46.8 Å². The molecule has 0 spiro atoms. The summed E-state index contributed by atoms with van der Waals surface area (Å²) in [6.45, 7) is 2.66. The molecule has 3 aromatic carbocycles. The van der Waals surface area contributed by atoms with Crippen molar-refractivity contribution in [3.05, 3.63) is 89.5 Å². The average molecular weight is 457 g/mol. The third-order valence-electron chi connectivity index (χ3n) is 5.93. The molecule has 0 unspecified atom stereocenters. The zero-order valence-corrected chi connectivity index (χ0v) is 19.1. The fourth-order valence-corrected chi connectivity index (χ4v) is 4.19. The van der Waals surface area contributed by atoms with Gasteiger partial charge in [0.15, 0.2) is 0 Å². The molecular formula is C27H28N4O3. The van der Waals surface area contributed by atoms with Crippen LogP contribution in [0.5, 0.6) is 0 Å². The number of nitrogens with two attached hydrogens (primary N) is 1.